The fraction of sp³-hybridized carbons (Fsp3) is 0.148. The Kier molecular flexibility index (Phi) is 6.64. The molecule has 0 unspecified atom stereocenters. The van der Waals surface area contributed by atoms with Crippen LogP contribution in [0.25, 0.3) is 11.3 Å². The van der Waals surface area contributed by atoms with Gasteiger partial charge in [-0.15, -0.1) is 0 Å². The number of carbonyl (C=O) groups excluding carboxylic acids is 1. The monoisotopic (exact) mass is 439 g/mol. The molecule has 0 fully saturated rings. The Hall–Kier alpha value is -4.19. The summed E-state index contributed by atoms with van der Waals surface area (Å²) in [6.07, 6.45) is 5.27. The molecule has 33 heavy (non-hydrogen) atoms. The lowest BCUT2D eigenvalue weighted by Crippen LogP contribution is -2.30. The first-order valence-corrected chi connectivity index (χ1v) is 10.8. The number of aromatic nitrogens is 2. The molecule has 0 saturated heterocycles. The number of aryl methyl sites for hydroxylation is 1. The Bertz CT molecular complexity index is 1240. The summed E-state index contributed by atoms with van der Waals surface area (Å²) in [4.78, 5) is 23.7. The van der Waals surface area contributed by atoms with Crippen LogP contribution >= 0.6 is 0 Å². The van der Waals surface area contributed by atoms with Gasteiger partial charge in [0.1, 0.15) is 17.8 Å². The van der Waals surface area contributed by atoms with Crippen LogP contribution in [0.2, 0.25) is 0 Å². The van der Waals surface area contributed by atoms with Crippen LogP contribution in [0.5, 0.6) is 11.5 Å². The van der Waals surface area contributed by atoms with Gasteiger partial charge in [-0.3, -0.25) is 4.79 Å². The van der Waals surface area contributed by atoms with Crippen molar-refractivity contribution in [2.24, 2.45) is 0 Å². The summed E-state index contributed by atoms with van der Waals surface area (Å²) < 4.78 is 0. The molecule has 6 heteroatoms. The third kappa shape index (κ3) is 5.01. The van der Waals surface area contributed by atoms with Gasteiger partial charge in [-0.05, 0) is 41.8 Å². The van der Waals surface area contributed by atoms with E-state index in [-0.39, 0.29) is 23.0 Å². The number of amides is 1. The molecule has 0 spiro atoms. The molecule has 4 aromatic rings. The van der Waals surface area contributed by atoms with E-state index in [0.717, 1.165) is 35.2 Å². The van der Waals surface area contributed by atoms with Crippen molar-refractivity contribution in [1.82, 2.24) is 9.97 Å². The fourth-order valence-electron chi connectivity index (χ4n) is 3.76. The minimum Gasteiger partial charge on any atom is -0.508 e. The number of phenolic OH excluding ortho intramolecular Hbond substituents is 2. The first-order chi connectivity index (χ1) is 16.1. The van der Waals surface area contributed by atoms with Gasteiger partial charge >= 0.3 is 0 Å². The maximum Gasteiger partial charge on any atom is 0.262 e. The number of aromatic hydroxyl groups is 2. The van der Waals surface area contributed by atoms with Crippen molar-refractivity contribution in [2.75, 3.05) is 4.90 Å². The number of hydrogen-bond donors (Lipinski definition) is 2. The molecule has 1 aromatic heterocycles. The van der Waals surface area contributed by atoms with Crippen molar-refractivity contribution in [3.63, 3.8) is 0 Å². The van der Waals surface area contributed by atoms with Gasteiger partial charge in [0, 0.05) is 23.5 Å². The van der Waals surface area contributed by atoms with Crippen molar-refractivity contribution < 1.29 is 15.0 Å². The van der Waals surface area contributed by atoms with E-state index < -0.39 is 0 Å². The highest BCUT2D eigenvalue weighted by molar-refractivity contribution is 6.08. The molecule has 6 nitrogen and oxygen atoms in total. The molecule has 166 valence electrons. The normalized spacial score (nSPS) is 10.7. The summed E-state index contributed by atoms with van der Waals surface area (Å²) in [5, 5.41) is 19.9. The molecule has 0 saturated carbocycles. The molecule has 3 aromatic carbocycles. The Morgan fingerprint density at radius 3 is 2.42 bits per heavy atom. The fourth-order valence-corrected chi connectivity index (χ4v) is 3.76. The van der Waals surface area contributed by atoms with Crippen LogP contribution in [-0.2, 0) is 13.0 Å². The van der Waals surface area contributed by atoms with Crippen molar-refractivity contribution in [3.8, 4) is 22.8 Å². The predicted octanol–water partition coefficient (Wildman–Crippen LogP) is 5.35. The van der Waals surface area contributed by atoms with Crippen LogP contribution in [0.1, 0.15) is 34.8 Å². The molecular weight excluding hydrogens is 414 g/mol. The highest BCUT2D eigenvalue weighted by Crippen LogP contribution is 2.29. The van der Waals surface area contributed by atoms with Crippen LogP contribution in [-0.4, -0.2) is 26.1 Å². The highest BCUT2D eigenvalue weighted by atomic mass is 16.3. The van der Waals surface area contributed by atoms with Crippen LogP contribution in [0.3, 0.4) is 0 Å². The third-order valence-electron chi connectivity index (χ3n) is 5.40. The molecule has 0 radical (unpaired) electrons. The van der Waals surface area contributed by atoms with E-state index in [4.69, 9.17) is 0 Å². The van der Waals surface area contributed by atoms with Crippen molar-refractivity contribution >= 4 is 11.6 Å². The predicted molar refractivity (Wildman–Crippen MR) is 128 cm³/mol. The second-order valence-electron chi connectivity index (χ2n) is 7.77. The van der Waals surface area contributed by atoms with Crippen LogP contribution in [0, 0.1) is 0 Å². The minimum absolute atomic E-state index is 0.101. The quantitative estimate of drug-likeness (QED) is 0.405. The number of rotatable bonds is 7. The summed E-state index contributed by atoms with van der Waals surface area (Å²) in [6, 6.07) is 21.3. The number of nitrogens with zero attached hydrogens (tertiary/aromatic N) is 3. The Morgan fingerprint density at radius 2 is 1.73 bits per heavy atom. The molecule has 4 rings (SSSR count). The number of carbonyl (C=O) groups is 1. The van der Waals surface area contributed by atoms with E-state index in [2.05, 4.69) is 16.9 Å². The van der Waals surface area contributed by atoms with Crippen molar-refractivity contribution in [3.05, 3.63) is 102 Å². The molecule has 0 aliphatic heterocycles. The summed E-state index contributed by atoms with van der Waals surface area (Å²) in [5.41, 5.74) is 4.67. The standard InChI is InChI=1S/C27H25N3O3/c1-2-6-21-16-28-18-29-26(21)20-9-11-22(12-10-20)30(17-19-7-4-3-5-8-19)27(33)24-14-13-23(31)15-25(24)32/h3-5,7-16,18,31-32H,2,6,17H2,1H3. The second-order valence-corrected chi connectivity index (χ2v) is 7.77. The van der Waals surface area contributed by atoms with Gasteiger partial charge < -0.3 is 15.1 Å². The second kappa shape index (κ2) is 9.96. The van der Waals surface area contributed by atoms with Crippen LogP contribution in [0.15, 0.2) is 85.3 Å². The number of anilines is 1. The third-order valence-corrected chi connectivity index (χ3v) is 5.40. The van der Waals surface area contributed by atoms with Gasteiger partial charge in [0.05, 0.1) is 17.8 Å². The Labute approximate surface area is 192 Å². The lowest BCUT2D eigenvalue weighted by Gasteiger charge is -2.24. The first-order valence-electron chi connectivity index (χ1n) is 10.8. The highest BCUT2D eigenvalue weighted by Gasteiger charge is 2.22. The molecule has 0 atom stereocenters. The molecular formula is C27H25N3O3. The zero-order valence-electron chi connectivity index (χ0n) is 18.3. The van der Waals surface area contributed by atoms with Gasteiger partial charge in [0.15, 0.2) is 0 Å². The summed E-state index contributed by atoms with van der Waals surface area (Å²) in [7, 11) is 0. The van der Waals surface area contributed by atoms with Crippen LogP contribution in [0.4, 0.5) is 5.69 Å². The Morgan fingerprint density at radius 1 is 0.970 bits per heavy atom. The zero-order chi connectivity index (χ0) is 23.2. The Balaban J connectivity index is 1.71. The summed E-state index contributed by atoms with van der Waals surface area (Å²) in [5.74, 6) is -0.728. The minimum atomic E-state index is -0.363. The average Bonchev–Trinajstić information content (AvgIpc) is 2.84. The number of hydrogen-bond acceptors (Lipinski definition) is 5. The first kappa shape index (κ1) is 22.0. The van der Waals surface area contributed by atoms with E-state index in [0.29, 0.717) is 12.2 Å². The summed E-state index contributed by atoms with van der Waals surface area (Å²) in [6.45, 7) is 2.44. The van der Waals surface area contributed by atoms with Gasteiger partial charge in [-0.25, -0.2) is 9.97 Å². The molecule has 0 bridgehead atoms. The van der Waals surface area contributed by atoms with Gasteiger partial charge in [0.2, 0.25) is 0 Å². The number of phenols is 2. The van der Waals surface area contributed by atoms with E-state index in [9.17, 15) is 15.0 Å². The largest absolute Gasteiger partial charge is 0.508 e. The average molecular weight is 440 g/mol. The molecule has 2 N–H and O–H groups in total. The van der Waals surface area contributed by atoms with Gasteiger partial charge in [-0.1, -0.05) is 55.8 Å². The topological polar surface area (TPSA) is 86.6 Å². The molecule has 1 amide bonds. The molecule has 0 aliphatic carbocycles. The molecule has 1 heterocycles. The van der Waals surface area contributed by atoms with Gasteiger partial charge in [-0.2, -0.15) is 0 Å². The number of benzene rings is 3. The van der Waals surface area contributed by atoms with E-state index >= 15 is 0 Å². The lowest BCUT2D eigenvalue weighted by atomic mass is 10.0. The maximum atomic E-state index is 13.4. The smallest absolute Gasteiger partial charge is 0.262 e. The van der Waals surface area contributed by atoms with Crippen molar-refractivity contribution in [1.29, 1.82) is 0 Å². The zero-order valence-corrected chi connectivity index (χ0v) is 18.3. The van der Waals surface area contributed by atoms with Gasteiger partial charge in [0.25, 0.3) is 5.91 Å². The molecule has 0 aliphatic rings. The lowest BCUT2D eigenvalue weighted by molar-refractivity contribution is 0.0982. The van der Waals surface area contributed by atoms with Crippen LogP contribution < -0.4 is 4.90 Å². The summed E-state index contributed by atoms with van der Waals surface area (Å²) >= 11 is 0. The van der Waals surface area contributed by atoms with Crippen molar-refractivity contribution in [2.45, 2.75) is 26.3 Å². The van der Waals surface area contributed by atoms with E-state index in [1.165, 1.54) is 18.2 Å². The SMILES string of the molecule is CCCc1cncnc1-c1ccc(N(Cc2ccccc2)C(=O)c2ccc(O)cc2O)cc1. The maximum absolute atomic E-state index is 13.4. The van der Waals surface area contributed by atoms with E-state index in [1.54, 1.807) is 11.2 Å². The van der Waals surface area contributed by atoms with E-state index in [1.807, 2.05) is 60.8 Å².